The number of carboxylic acid groups (broad SMARTS) is 1. The van der Waals surface area contributed by atoms with E-state index in [1.165, 1.54) is 31.0 Å². The number of aromatic nitrogens is 1. The maximum Gasteiger partial charge on any atom is 0.337 e. The molecule has 1 heterocycles. The van der Waals surface area contributed by atoms with Gasteiger partial charge in [-0.15, -0.1) is 0 Å². The molecule has 1 saturated carbocycles. The van der Waals surface area contributed by atoms with Gasteiger partial charge in [-0.2, -0.15) is 0 Å². The van der Waals surface area contributed by atoms with E-state index < -0.39 is 5.97 Å². The number of aromatic carboxylic acids is 1. The quantitative estimate of drug-likeness (QED) is 0.873. The van der Waals surface area contributed by atoms with Gasteiger partial charge in [0.15, 0.2) is 0 Å². The number of hydrogen-bond acceptors (Lipinski definition) is 3. The molecule has 4 heteroatoms. The summed E-state index contributed by atoms with van der Waals surface area (Å²) in [6, 6.07) is 12.1. The Labute approximate surface area is 136 Å². The highest BCUT2D eigenvalue weighted by molar-refractivity contribution is 5.93. The summed E-state index contributed by atoms with van der Waals surface area (Å²) in [4.78, 5) is 15.4. The van der Waals surface area contributed by atoms with Gasteiger partial charge in [-0.1, -0.05) is 49.6 Å². The molecule has 2 N–H and O–H groups in total. The Hall–Kier alpha value is -2.36. The molecule has 0 amide bonds. The molecule has 0 spiro atoms. The van der Waals surface area contributed by atoms with E-state index in [2.05, 4.69) is 34.6 Å². The van der Waals surface area contributed by atoms with Gasteiger partial charge in [-0.3, -0.25) is 4.98 Å². The lowest BCUT2D eigenvalue weighted by Gasteiger charge is -2.38. The van der Waals surface area contributed by atoms with Gasteiger partial charge in [-0.25, -0.2) is 4.79 Å². The molecule has 1 fully saturated rings. The normalized spacial score (nSPS) is 16.7. The average molecular weight is 310 g/mol. The minimum absolute atomic E-state index is 0.0745. The van der Waals surface area contributed by atoms with E-state index in [-0.39, 0.29) is 11.0 Å². The van der Waals surface area contributed by atoms with Gasteiger partial charge in [0, 0.05) is 18.2 Å². The molecule has 0 aliphatic heterocycles. The Morgan fingerprint density at radius 2 is 1.87 bits per heavy atom. The number of nitrogens with one attached hydrogen (secondary N) is 1. The number of pyridine rings is 1. The molecule has 1 aliphatic carbocycles. The Morgan fingerprint density at radius 3 is 2.57 bits per heavy atom. The number of rotatable bonds is 5. The molecule has 4 nitrogen and oxygen atoms in total. The summed E-state index contributed by atoms with van der Waals surface area (Å²) in [5.41, 5.74) is 2.29. The second-order valence-corrected chi connectivity index (χ2v) is 6.29. The van der Waals surface area contributed by atoms with E-state index in [1.807, 2.05) is 6.07 Å². The van der Waals surface area contributed by atoms with E-state index in [0.29, 0.717) is 5.69 Å². The average Bonchev–Trinajstić information content (AvgIpc) is 2.62. The second-order valence-electron chi connectivity index (χ2n) is 6.29. The number of carbonyl (C=O) groups is 1. The molecular formula is C19H22N2O2. The molecule has 120 valence electrons. The Bertz CT molecular complexity index is 664. The summed E-state index contributed by atoms with van der Waals surface area (Å²) in [6.45, 7) is 0.739. The van der Waals surface area contributed by atoms with Crippen molar-refractivity contribution in [2.75, 3.05) is 11.9 Å². The minimum atomic E-state index is -0.924. The summed E-state index contributed by atoms with van der Waals surface area (Å²) in [5, 5.41) is 12.7. The van der Waals surface area contributed by atoms with Crippen molar-refractivity contribution in [3.05, 3.63) is 59.9 Å². The van der Waals surface area contributed by atoms with Crippen LogP contribution in [0.3, 0.4) is 0 Å². The van der Waals surface area contributed by atoms with Crippen LogP contribution >= 0.6 is 0 Å². The van der Waals surface area contributed by atoms with Crippen molar-refractivity contribution in [3.8, 4) is 0 Å². The van der Waals surface area contributed by atoms with Crippen LogP contribution in [0, 0.1) is 0 Å². The lowest BCUT2D eigenvalue weighted by atomic mass is 9.69. The molecule has 0 saturated heterocycles. The maximum atomic E-state index is 11.4. The van der Waals surface area contributed by atoms with E-state index in [1.54, 1.807) is 12.3 Å². The van der Waals surface area contributed by atoms with Gasteiger partial charge in [-0.05, 0) is 24.5 Å². The fourth-order valence-electron chi connectivity index (χ4n) is 3.57. The van der Waals surface area contributed by atoms with Crippen LogP contribution in [0.25, 0.3) is 0 Å². The number of benzene rings is 1. The molecule has 1 aromatic heterocycles. The molecule has 2 aromatic rings. The fraction of sp³-hybridized carbons (Fsp3) is 0.368. The standard InChI is InChI=1S/C19H22N2O2/c22-18(23)16-9-12-20-13-17(16)21-14-19(10-5-2-6-11-19)15-7-3-1-4-8-15/h1,3-4,7-9,12-13,21H,2,5-6,10-11,14H2,(H,22,23). The third-order valence-corrected chi connectivity index (χ3v) is 4.87. The Morgan fingerprint density at radius 1 is 1.13 bits per heavy atom. The lowest BCUT2D eigenvalue weighted by molar-refractivity contribution is 0.0697. The third kappa shape index (κ3) is 3.36. The van der Waals surface area contributed by atoms with E-state index >= 15 is 0 Å². The van der Waals surface area contributed by atoms with Crippen LogP contribution in [0.2, 0.25) is 0 Å². The summed E-state index contributed by atoms with van der Waals surface area (Å²) >= 11 is 0. The first-order chi connectivity index (χ1) is 11.2. The van der Waals surface area contributed by atoms with Gasteiger partial charge in [0.1, 0.15) is 0 Å². The van der Waals surface area contributed by atoms with Crippen LogP contribution in [-0.4, -0.2) is 22.6 Å². The Balaban J connectivity index is 1.85. The van der Waals surface area contributed by atoms with Gasteiger partial charge in [0.05, 0.1) is 17.4 Å². The van der Waals surface area contributed by atoms with Gasteiger partial charge < -0.3 is 10.4 Å². The van der Waals surface area contributed by atoms with Crippen molar-refractivity contribution in [2.24, 2.45) is 0 Å². The number of hydrogen-bond donors (Lipinski definition) is 2. The zero-order chi connectivity index (χ0) is 16.1. The van der Waals surface area contributed by atoms with E-state index in [4.69, 9.17) is 0 Å². The number of carboxylic acids is 1. The monoisotopic (exact) mass is 310 g/mol. The smallest absolute Gasteiger partial charge is 0.337 e. The molecule has 0 bridgehead atoms. The molecule has 23 heavy (non-hydrogen) atoms. The van der Waals surface area contributed by atoms with Crippen LogP contribution in [-0.2, 0) is 5.41 Å². The van der Waals surface area contributed by atoms with Crippen molar-refractivity contribution in [1.29, 1.82) is 0 Å². The van der Waals surface area contributed by atoms with Crippen molar-refractivity contribution < 1.29 is 9.90 Å². The summed E-state index contributed by atoms with van der Waals surface area (Å²) in [6.07, 6.45) is 9.10. The van der Waals surface area contributed by atoms with Crippen LogP contribution < -0.4 is 5.32 Å². The highest BCUT2D eigenvalue weighted by Crippen LogP contribution is 2.39. The fourth-order valence-corrected chi connectivity index (χ4v) is 3.57. The molecule has 3 rings (SSSR count). The van der Waals surface area contributed by atoms with E-state index in [9.17, 15) is 9.90 Å². The Kier molecular flexibility index (Phi) is 4.60. The highest BCUT2D eigenvalue weighted by atomic mass is 16.4. The van der Waals surface area contributed by atoms with Crippen LogP contribution in [0.5, 0.6) is 0 Å². The molecule has 0 atom stereocenters. The number of nitrogens with zero attached hydrogens (tertiary/aromatic N) is 1. The van der Waals surface area contributed by atoms with Crippen molar-refractivity contribution in [3.63, 3.8) is 0 Å². The molecular weight excluding hydrogens is 288 g/mol. The first kappa shape index (κ1) is 15.5. The predicted octanol–water partition coefficient (Wildman–Crippen LogP) is 4.09. The predicted molar refractivity (Wildman–Crippen MR) is 90.9 cm³/mol. The summed E-state index contributed by atoms with van der Waals surface area (Å²) in [7, 11) is 0. The minimum Gasteiger partial charge on any atom is -0.478 e. The van der Waals surface area contributed by atoms with Crippen molar-refractivity contribution in [2.45, 2.75) is 37.5 Å². The largest absolute Gasteiger partial charge is 0.478 e. The molecule has 1 aliphatic rings. The lowest BCUT2D eigenvalue weighted by Crippen LogP contribution is -2.36. The third-order valence-electron chi connectivity index (χ3n) is 4.87. The van der Waals surface area contributed by atoms with Gasteiger partial charge in [0.25, 0.3) is 0 Å². The second kappa shape index (κ2) is 6.82. The van der Waals surface area contributed by atoms with Crippen LogP contribution in [0.1, 0.15) is 48.0 Å². The van der Waals surface area contributed by atoms with Crippen molar-refractivity contribution in [1.82, 2.24) is 4.98 Å². The SMILES string of the molecule is O=C(O)c1ccncc1NCC1(c2ccccc2)CCCCC1. The maximum absolute atomic E-state index is 11.4. The van der Waals surface area contributed by atoms with E-state index in [0.717, 1.165) is 19.4 Å². The molecule has 0 unspecified atom stereocenters. The topological polar surface area (TPSA) is 62.2 Å². The molecule has 0 radical (unpaired) electrons. The zero-order valence-corrected chi connectivity index (χ0v) is 13.2. The van der Waals surface area contributed by atoms with Gasteiger partial charge >= 0.3 is 5.97 Å². The van der Waals surface area contributed by atoms with Crippen LogP contribution in [0.15, 0.2) is 48.8 Å². The zero-order valence-electron chi connectivity index (χ0n) is 13.2. The summed E-state index contributed by atoms with van der Waals surface area (Å²) < 4.78 is 0. The van der Waals surface area contributed by atoms with Crippen LogP contribution in [0.4, 0.5) is 5.69 Å². The molecule has 1 aromatic carbocycles. The highest BCUT2D eigenvalue weighted by Gasteiger charge is 2.33. The van der Waals surface area contributed by atoms with Gasteiger partial charge in [0.2, 0.25) is 0 Å². The first-order valence-electron chi connectivity index (χ1n) is 8.18. The van der Waals surface area contributed by atoms with Crippen molar-refractivity contribution >= 4 is 11.7 Å². The first-order valence-corrected chi connectivity index (χ1v) is 8.18. The number of anilines is 1. The summed E-state index contributed by atoms with van der Waals surface area (Å²) in [5.74, 6) is -0.924.